The van der Waals surface area contributed by atoms with Crippen molar-refractivity contribution in [1.29, 1.82) is 0 Å². The molecule has 2 aromatic rings. The third-order valence-corrected chi connectivity index (χ3v) is 5.97. The van der Waals surface area contributed by atoms with Crippen LogP contribution < -0.4 is 25.0 Å². The van der Waals surface area contributed by atoms with Crippen LogP contribution in [0.1, 0.15) is 23.6 Å². The average Bonchev–Trinajstić information content (AvgIpc) is 2.98. The van der Waals surface area contributed by atoms with Crippen molar-refractivity contribution in [3.63, 3.8) is 0 Å². The van der Waals surface area contributed by atoms with Crippen LogP contribution in [0.15, 0.2) is 41.5 Å². The largest absolute Gasteiger partial charge is 0.493 e. The molecule has 1 fully saturated rings. The van der Waals surface area contributed by atoms with E-state index in [4.69, 9.17) is 14.6 Å². The molecule has 1 saturated heterocycles. The van der Waals surface area contributed by atoms with E-state index < -0.39 is 0 Å². The van der Waals surface area contributed by atoms with Gasteiger partial charge in [0.25, 0.3) is 0 Å². The number of carbonyl (C=O) groups excluding carboxylic acids is 2. The number of hydrogen-bond donors (Lipinski definition) is 2. The molecule has 0 unspecified atom stereocenters. The number of rotatable bonds is 4. The number of piperazine rings is 1. The summed E-state index contributed by atoms with van der Waals surface area (Å²) in [5.41, 5.74) is 4.39. The number of nitrogens with zero attached hydrogens (tertiary/aromatic N) is 3. The summed E-state index contributed by atoms with van der Waals surface area (Å²) in [6.07, 6.45) is 0.608. The number of anilines is 1. The summed E-state index contributed by atoms with van der Waals surface area (Å²) in [5.74, 6) is 1.25. The molecular formula is C24H29N5O4. The number of benzene rings is 2. The lowest BCUT2D eigenvalue weighted by Crippen LogP contribution is -2.47. The van der Waals surface area contributed by atoms with Crippen molar-refractivity contribution in [2.24, 2.45) is 5.10 Å². The van der Waals surface area contributed by atoms with Crippen LogP contribution in [-0.4, -0.2) is 69.6 Å². The Balaban J connectivity index is 1.79. The van der Waals surface area contributed by atoms with Crippen molar-refractivity contribution in [2.75, 3.05) is 45.8 Å². The first-order chi connectivity index (χ1) is 15.9. The topological polar surface area (TPSA) is 95.5 Å². The lowest BCUT2D eigenvalue weighted by atomic mass is 9.94. The van der Waals surface area contributed by atoms with Crippen LogP contribution in [0.3, 0.4) is 0 Å². The summed E-state index contributed by atoms with van der Waals surface area (Å²) < 4.78 is 11.1. The van der Waals surface area contributed by atoms with Crippen LogP contribution >= 0.6 is 0 Å². The molecule has 4 rings (SSSR count). The van der Waals surface area contributed by atoms with Gasteiger partial charge < -0.3 is 25.0 Å². The Morgan fingerprint density at radius 2 is 1.85 bits per heavy atom. The molecule has 1 atom stereocenters. The van der Waals surface area contributed by atoms with Crippen molar-refractivity contribution in [3.8, 4) is 11.5 Å². The van der Waals surface area contributed by atoms with E-state index in [-0.39, 0.29) is 18.0 Å². The SMILES string of the molecule is CNC(=O)N1N=C(c2ccc(N3CCNC(=O)C3)cc2)c2cc(OC)c(OC)cc2C[C@@H]1C. The quantitative estimate of drug-likeness (QED) is 0.741. The van der Waals surface area contributed by atoms with E-state index in [9.17, 15) is 9.59 Å². The molecule has 0 aliphatic carbocycles. The Morgan fingerprint density at radius 3 is 2.48 bits per heavy atom. The average molecular weight is 452 g/mol. The van der Waals surface area contributed by atoms with Gasteiger partial charge in [-0.3, -0.25) is 4.79 Å². The summed E-state index contributed by atoms with van der Waals surface area (Å²) in [5, 5.41) is 11.8. The zero-order valence-electron chi connectivity index (χ0n) is 19.3. The molecule has 0 aromatic heterocycles. The maximum absolute atomic E-state index is 12.6. The third kappa shape index (κ3) is 4.44. The van der Waals surface area contributed by atoms with E-state index in [0.717, 1.165) is 28.9 Å². The standard InChI is InChI=1S/C24H29N5O4/c1-15-11-17-12-20(32-3)21(33-4)13-19(17)23(27-29(15)24(31)25-2)16-5-7-18(8-6-16)28-10-9-26-22(30)14-28/h5-8,12-13,15H,9-11,14H2,1-4H3,(H,25,31)(H,26,30)/t15-/m0/s1. The molecule has 0 radical (unpaired) electrons. The predicted octanol–water partition coefficient (Wildman–Crippen LogP) is 1.98. The number of urea groups is 1. The second-order valence-electron chi connectivity index (χ2n) is 8.08. The lowest BCUT2D eigenvalue weighted by Gasteiger charge is -2.28. The lowest BCUT2D eigenvalue weighted by molar-refractivity contribution is -0.120. The number of nitrogens with one attached hydrogen (secondary N) is 2. The summed E-state index contributed by atoms with van der Waals surface area (Å²) in [4.78, 5) is 26.4. The first kappa shape index (κ1) is 22.4. The molecule has 2 N–H and O–H groups in total. The third-order valence-electron chi connectivity index (χ3n) is 5.97. The van der Waals surface area contributed by atoms with Crippen LogP contribution in [-0.2, 0) is 11.2 Å². The van der Waals surface area contributed by atoms with E-state index in [1.165, 1.54) is 5.01 Å². The van der Waals surface area contributed by atoms with Crippen LogP contribution in [0.25, 0.3) is 0 Å². The van der Waals surface area contributed by atoms with Gasteiger partial charge in [0.1, 0.15) is 0 Å². The Bertz CT molecular complexity index is 1080. The molecule has 2 aliphatic heterocycles. The Morgan fingerprint density at radius 1 is 1.15 bits per heavy atom. The van der Waals surface area contributed by atoms with E-state index in [1.54, 1.807) is 21.3 Å². The van der Waals surface area contributed by atoms with Crippen LogP contribution in [0.4, 0.5) is 10.5 Å². The van der Waals surface area contributed by atoms with Gasteiger partial charge in [-0.1, -0.05) is 12.1 Å². The van der Waals surface area contributed by atoms with E-state index in [2.05, 4.69) is 10.6 Å². The van der Waals surface area contributed by atoms with Crippen LogP contribution in [0.2, 0.25) is 0 Å². The van der Waals surface area contributed by atoms with Gasteiger partial charge in [-0.2, -0.15) is 5.10 Å². The number of methoxy groups -OCH3 is 2. The highest BCUT2D eigenvalue weighted by atomic mass is 16.5. The van der Waals surface area contributed by atoms with E-state index in [0.29, 0.717) is 36.7 Å². The van der Waals surface area contributed by atoms with Gasteiger partial charge in [-0.15, -0.1) is 0 Å². The van der Waals surface area contributed by atoms with Crippen LogP contribution in [0, 0.1) is 0 Å². The van der Waals surface area contributed by atoms with Crippen molar-refractivity contribution in [2.45, 2.75) is 19.4 Å². The zero-order chi connectivity index (χ0) is 23.5. The zero-order valence-corrected chi connectivity index (χ0v) is 19.3. The number of ether oxygens (including phenoxy) is 2. The second-order valence-corrected chi connectivity index (χ2v) is 8.08. The van der Waals surface area contributed by atoms with Crippen molar-refractivity contribution >= 4 is 23.3 Å². The molecule has 2 aromatic carbocycles. The molecule has 9 heteroatoms. The fraction of sp³-hybridized carbons (Fsp3) is 0.375. The van der Waals surface area contributed by atoms with E-state index in [1.807, 2.05) is 48.2 Å². The van der Waals surface area contributed by atoms with E-state index >= 15 is 0 Å². The number of hydrazone groups is 1. The molecule has 33 heavy (non-hydrogen) atoms. The second kappa shape index (κ2) is 9.40. The normalized spacial score (nSPS) is 18.0. The fourth-order valence-corrected chi connectivity index (χ4v) is 4.24. The van der Waals surface area contributed by atoms with Gasteiger partial charge in [0, 0.05) is 37.0 Å². The maximum atomic E-state index is 12.6. The van der Waals surface area contributed by atoms with Gasteiger partial charge in [0.15, 0.2) is 11.5 Å². The minimum Gasteiger partial charge on any atom is -0.493 e. The Kier molecular flexibility index (Phi) is 6.39. The molecule has 174 valence electrons. The van der Waals surface area contributed by atoms with Crippen molar-refractivity contribution in [3.05, 3.63) is 53.1 Å². The number of hydrogen-bond acceptors (Lipinski definition) is 6. The molecule has 0 bridgehead atoms. The Labute approximate surface area is 193 Å². The van der Waals surface area contributed by atoms with Crippen LogP contribution in [0.5, 0.6) is 11.5 Å². The van der Waals surface area contributed by atoms with Gasteiger partial charge >= 0.3 is 6.03 Å². The van der Waals surface area contributed by atoms with Crippen molar-refractivity contribution < 1.29 is 19.1 Å². The summed E-state index contributed by atoms with van der Waals surface area (Å²) in [7, 11) is 4.80. The van der Waals surface area contributed by atoms with Gasteiger partial charge in [0.2, 0.25) is 5.91 Å². The van der Waals surface area contributed by atoms with Gasteiger partial charge in [-0.05, 0) is 43.2 Å². The predicted molar refractivity (Wildman–Crippen MR) is 126 cm³/mol. The number of amides is 3. The van der Waals surface area contributed by atoms with Gasteiger partial charge in [0.05, 0.1) is 32.5 Å². The summed E-state index contributed by atoms with van der Waals surface area (Å²) in [6.45, 7) is 3.68. The Hall–Kier alpha value is -3.75. The molecule has 9 nitrogen and oxygen atoms in total. The maximum Gasteiger partial charge on any atom is 0.337 e. The molecule has 2 aliphatic rings. The minimum atomic E-state index is -0.275. The highest BCUT2D eigenvalue weighted by Crippen LogP contribution is 2.34. The smallest absolute Gasteiger partial charge is 0.337 e. The fourth-order valence-electron chi connectivity index (χ4n) is 4.24. The molecular weight excluding hydrogens is 422 g/mol. The minimum absolute atomic E-state index is 0.0173. The summed E-state index contributed by atoms with van der Waals surface area (Å²) >= 11 is 0. The molecule has 3 amide bonds. The van der Waals surface area contributed by atoms with Crippen molar-refractivity contribution in [1.82, 2.24) is 15.6 Å². The summed E-state index contributed by atoms with van der Waals surface area (Å²) in [6, 6.07) is 11.3. The number of fused-ring (bicyclic) bond motifs is 1. The molecule has 0 saturated carbocycles. The number of carbonyl (C=O) groups is 2. The van der Waals surface area contributed by atoms with Gasteiger partial charge in [-0.25, -0.2) is 9.80 Å². The highest BCUT2D eigenvalue weighted by Gasteiger charge is 2.28. The molecule has 0 spiro atoms. The molecule has 2 heterocycles. The first-order valence-electron chi connectivity index (χ1n) is 10.9. The highest BCUT2D eigenvalue weighted by molar-refractivity contribution is 6.14. The monoisotopic (exact) mass is 451 g/mol. The first-order valence-corrected chi connectivity index (χ1v) is 10.9.